The highest BCUT2D eigenvalue weighted by molar-refractivity contribution is 7.99. The number of hydrogen-bond donors (Lipinski definition) is 4. The summed E-state index contributed by atoms with van der Waals surface area (Å²) in [5.41, 5.74) is 0.582. The molecule has 0 spiro atoms. The fourth-order valence-corrected chi connectivity index (χ4v) is 3.41. The Morgan fingerprint density at radius 3 is 2.45 bits per heavy atom. The predicted molar refractivity (Wildman–Crippen MR) is 119 cm³/mol. The number of nitrogens with zero attached hydrogens (tertiary/aromatic N) is 5. The van der Waals surface area contributed by atoms with E-state index in [9.17, 15) is 9.59 Å². The van der Waals surface area contributed by atoms with Gasteiger partial charge in [-0.05, 0) is 26.0 Å². The average molecular weight is 444 g/mol. The smallest absolute Gasteiger partial charge is 0.261 e. The lowest BCUT2D eigenvalue weighted by molar-refractivity contribution is -0.118. The molecule has 12 heteroatoms. The molecule has 2 aromatic heterocycles. The summed E-state index contributed by atoms with van der Waals surface area (Å²) in [7, 11) is 0. The molecular formula is C19H25N9O2S. The van der Waals surface area contributed by atoms with Gasteiger partial charge in [0.25, 0.3) is 11.7 Å². The Morgan fingerprint density at radius 1 is 0.968 bits per heavy atom. The number of nitrogens with one attached hydrogen (secondary N) is 4. The van der Waals surface area contributed by atoms with Crippen LogP contribution in [0.3, 0.4) is 0 Å². The molecule has 0 atom stereocenters. The van der Waals surface area contributed by atoms with Gasteiger partial charge in [0.2, 0.25) is 17.8 Å². The summed E-state index contributed by atoms with van der Waals surface area (Å²) in [6.45, 7) is 5.93. The van der Waals surface area contributed by atoms with Crippen molar-refractivity contribution in [2.24, 2.45) is 0 Å². The van der Waals surface area contributed by atoms with Gasteiger partial charge in [0, 0.05) is 31.7 Å². The Bertz CT molecular complexity index is 1030. The number of carbonyl (C=O) groups excluding carboxylic acids is 2. The zero-order valence-corrected chi connectivity index (χ0v) is 18.2. The standard InChI is InChI=1S/C19H25N9O2S/c1-3-20-16-24-17(21-4-2)28-18(25-16)26-27-19(28)31-12-14(29)22-10-11-23-15(30)13-8-6-5-7-9-13/h5-9H,3-4,10-12H2,1-2H3,(H,22,29)(H,23,30)(H2,20,21,24,25,26). The quantitative estimate of drug-likeness (QED) is 0.253. The van der Waals surface area contributed by atoms with Crippen LogP contribution >= 0.6 is 11.8 Å². The van der Waals surface area contributed by atoms with E-state index in [1.54, 1.807) is 28.7 Å². The van der Waals surface area contributed by atoms with E-state index in [2.05, 4.69) is 41.4 Å². The van der Waals surface area contributed by atoms with Gasteiger partial charge < -0.3 is 21.3 Å². The molecule has 164 valence electrons. The largest absolute Gasteiger partial charge is 0.355 e. The molecule has 1 aromatic carbocycles. The van der Waals surface area contributed by atoms with E-state index in [0.29, 0.717) is 54.6 Å². The van der Waals surface area contributed by atoms with E-state index in [-0.39, 0.29) is 17.6 Å². The van der Waals surface area contributed by atoms with Crippen LogP contribution in [-0.2, 0) is 4.79 Å². The van der Waals surface area contributed by atoms with Crippen molar-refractivity contribution in [3.8, 4) is 0 Å². The molecule has 0 aliphatic carbocycles. The number of thioether (sulfide) groups is 1. The van der Waals surface area contributed by atoms with Gasteiger partial charge >= 0.3 is 0 Å². The third kappa shape index (κ3) is 6.04. The molecule has 0 radical (unpaired) electrons. The van der Waals surface area contributed by atoms with E-state index in [1.165, 1.54) is 11.8 Å². The Hall–Kier alpha value is -3.41. The third-order valence-electron chi connectivity index (χ3n) is 4.02. The molecule has 0 saturated heterocycles. The van der Waals surface area contributed by atoms with Crippen LogP contribution < -0.4 is 21.3 Å². The number of benzene rings is 1. The lowest BCUT2D eigenvalue weighted by Gasteiger charge is -2.10. The molecule has 0 aliphatic heterocycles. The predicted octanol–water partition coefficient (Wildman–Crippen LogP) is 1.02. The SMILES string of the molecule is CCNc1nc(NCC)n2c(SCC(=O)NCCNC(=O)c3ccccc3)nnc2n1. The summed E-state index contributed by atoms with van der Waals surface area (Å²) in [4.78, 5) is 32.9. The third-order valence-corrected chi connectivity index (χ3v) is 4.95. The van der Waals surface area contributed by atoms with Gasteiger partial charge in [0.1, 0.15) is 0 Å². The molecule has 0 saturated carbocycles. The van der Waals surface area contributed by atoms with Crippen molar-refractivity contribution in [3.05, 3.63) is 35.9 Å². The van der Waals surface area contributed by atoms with E-state index in [1.807, 2.05) is 19.9 Å². The van der Waals surface area contributed by atoms with Crippen LogP contribution in [0.4, 0.5) is 11.9 Å². The maximum Gasteiger partial charge on any atom is 0.261 e. The van der Waals surface area contributed by atoms with Crippen LogP contribution in [0.5, 0.6) is 0 Å². The van der Waals surface area contributed by atoms with Gasteiger partial charge in [0.05, 0.1) is 5.75 Å². The number of amides is 2. The fraction of sp³-hybridized carbons (Fsp3) is 0.368. The maximum atomic E-state index is 12.2. The van der Waals surface area contributed by atoms with Crippen molar-refractivity contribution in [1.82, 2.24) is 35.2 Å². The first-order valence-electron chi connectivity index (χ1n) is 9.96. The normalized spacial score (nSPS) is 10.6. The fourth-order valence-electron chi connectivity index (χ4n) is 2.65. The molecule has 0 fully saturated rings. The van der Waals surface area contributed by atoms with Crippen molar-refractivity contribution in [1.29, 1.82) is 0 Å². The molecular weight excluding hydrogens is 418 g/mol. The number of rotatable bonds is 11. The summed E-state index contributed by atoms with van der Waals surface area (Å²) in [5.74, 6) is 1.21. The van der Waals surface area contributed by atoms with Crippen LogP contribution in [0.15, 0.2) is 35.5 Å². The van der Waals surface area contributed by atoms with Gasteiger partial charge in [-0.25, -0.2) is 4.40 Å². The second kappa shape index (κ2) is 11.1. The van der Waals surface area contributed by atoms with Crippen LogP contribution in [0.2, 0.25) is 0 Å². The molecule has 11 nitrogen and oxygen atoms in total. The minimum atomic E-state index is -0.175. The molecule has 2 amide bonds. The highest BCUT2D eigenvalue weighted by Crippen LogP contribution is 2.20. The first-order chi connectivity index (χ1) is 15.1. The molecule has 0 bridgehead atoms. The molecule has 0 aliphatic rings. The summed E-state index contributed by atoms with van der Waals surface area (Å²) in [5, 5.41) is 20.5. The number of carbonyl (C=O) groups is 2. The van der Waals surface area contributed by atoms with Gasteiger partial charge in [-0.3, -0.25) is 9.59 Å². The van der Waals surface area contributed by atoms with E-state index < -0.39 is 0 Å². The molecule has 3 rings (SSSR count). The summed E-state index contributed by atoms with van der Waals surface area (Å²) >= 11 is 1.23. The van der Waals surface area contributed by atoms with Crippen molar-refractivity contribution in [2.75, 3.05) is 42.6 Å². The topological polar surface area (TPSA) is 138 Å². The van der Waals surface area contributed by atoms with Crippen molar-refractivity contribution < 1.29 is 9.59 Å². The van der Waals surface area contributed by atoms with Crippen LogP contribution in [0, 0.1) is 0 Å². The van der Waals surface area contributed by atoms with Gasteiger partial charge in [-0.1, -0.05) is 30.0 Å². The molecule has 3 aromatic rings. The highest BCUT2D eigenvalue weighted by atomic mass is 32.2. The van der Waals surface area contributed by atoms with Crippen molar-refractivity contribution >= 4 is 41.3 Å². The Labute approximate surface area is 183 Å². The molecule has 31 heavy (non-hydrogen) atoms. The molecule has 2 heterocycles. The zero-order chi connectivity index (χ0) is 22.1. The van der Waals surface area contributed by atoms with Gasteiger partial charge in [0.15, 0.2) is 5.16 Å². The Kier molecular flexibility index (Phi) is 7.98. The van der Waals surface area contributed by atoms with Gasteiger partial charge in [-0.15, -0.1) is 10.2 Å². The zero-order valence-electron chi connectivity index (χ0n) is 17.4. The van der Waals surface area contributed by atoms with Crippen molar-refractivity contribution in [2.45, 2.75) is 19.0 Å². The van der Waals surface area contributed by atoms with Crippen LogP contribution in [-0.4, -0.2) is 68.3 Å². The van der Waals surface area contributed by atoms with Gasteiger partial charge in [-0.2, -0.15) is 9.97 Å². The van der Waals surface area contributed by atoms with Crippen LogP contribution in [0.1, 0.15) is 24.2 Å². The molecule has 4 N–H and O–H groups in total. The second-order valence-electron chi connectivity index (χ2n) is 6.31. The average Bonchev–Trinajstić information content (AvgIpc) is 3.19. The first-order valence-corrected chi connectivity index (χ1v) is 10.9. The lowest BCUT2D eigenvalue weighted by atomic mass is 10.2. The van der Waals surface area contributed by atoms with E-state index in [0.717, 1.165) is 0 Å². The lowest BCUT2D eigenvalue weighted by Crippen LogP contribution is -2.35. The second-order valence-corrected chi connectivity index (χ2v) is 7.25. The number of anilines is 2. The number of hydrogen-bond acceptors (Lipinski definition) is 9. The summed E-state index contributed by atoms with van der Waals surface area (Å²) in [6.07, 6.45) is 0. The minimum absolute atomic E-state index is 0.147. The van der Waals surface area contributed by atoms with E-state index in [4.69, 9.17) is 0 Å². The van der Waals surface area contributed by atoms with Crippen molar-refractivity contribution in [3.63, 3.8) is 0 Å². The summed E-state index contributed by atoms with van der Waals surface area (Å²) < 4.78 is 1.68. The Balaban J connectivity index is 1.51. The Morgan fingerprint density at radius 2 is 1.71 bits per heavy atom. The molecule has 0 unspecified atom stereocenters. The van der Waals surface area contributed by atoms with Crippen LogP contribution in [0.25, 0.3) is 5.78 Å². The summed E-state index contributed by atoms with van der Waals surface area (Å²) in [6, 6.07) is 8.92. The van der Waals surface area contributed by atoms with E-state index >= 15 is 0 Å². The number of aromatic nitrogens is 5. The minimum Gasteiger partial charge on any atom is -0.355 e. The maximum absolute atomic E-state index is 12.2. The first kappa shape index (κ1) is 22.3. The highest BCUT2D eigenvalue weighted by Gasteiger charge is 2.15. The number of fused-ring (bicyclic) bond motifs is 1. The monoisotopic (exact) mass is 443 g/mol.